The van der Waals surface area contributed by atoms with Crippen molar-refractivity contribution < 1.29 is 23.4 Å². The maximum Gasteiger partial charge on any atom is 0.296 e. The van der Waals surface area contributed by atoms with E-state index < -0.39 is 18.6 Å². The molecule has 176 valence electrons. The Kier molecular flexibility index (Phi) is 7.02. The molecule has 0 bridgehead atoms. The maximum atomic E-state index is 14.3. The second-order valence-electron chi connectivity index (χ2n) is 8.81. The number of halogens is 2. The van der Waals surface area contributed by atoms with Crippen molar-refractivity contribution in [3.63, 3.8) is 0 Å². The molecule has 0 radical (unpaired) electrons. The molecule has 1 saturated carbocycles. The number of rotatable bonds is 7. The van der Waals surface area contributed by atoms with Crippen LogP contribution in [0, 0.1) is 0 Å². The lowest BCUT2D eigenvalue weighted by Gasteiger charge is -2.32. The number of aliphatic hydroxyl groups excluding tert-OH is 1. The van der Waals surface area contributed by atoms with Crippen LogP contribution in [0.15, 0.2) is 12.4 Å². The van der Waals surface area contributed by atoms with Crippen molar-refractivity contribution in [2.75, 3.05) is 32.1 Å². The molecule has 8 nitrogen and oxygen atoms in total. The number of nitrogens with zero attached hydrogens (tertiary/aromatic N) is 3. The fourth-order valence-corrected chi connectivity index (χ4v) is 4.47. The van der Waals surface area contributed by atoms with E-state index in [2.05, 4.69) is 20.6 Å². The zero-order valence-corrected chi connectivity index (χ0v) is 18.5. The summed E-state index contributed by atoms with van der Waals surface area (Å²) in [4.78, 5) is 13.5. The monoisotopic (exact) mass is 451 g/mol. The molecule has 2 aliphatic rings. The van der Waals surface area contributed by atoms with Gasteiger partial charge in [-0.3, -0.25) is 0 Å². The molecular formula is C22H31F2N5O3. The zero-order chi connectivity index (χ0) is 22.7. The number of piperidine rings is 1. The molecule has 32 heavy (non-hydrogen) atoms. The number of alkyl halides is 2. The largest absolute Gasteiger partial charge is 0.467 e. The van der Waals surface area contributed by atoms with Crippen molar-refractivity contribution in [2.24, 2.45) is 0 Å². The second-order valence-corrected chi connectivity index (χ2v) is 8.81. The fraction of sp³-hybridized carbons (Fsp3) is 0.682. The van der Waals surface area contributed by atoms with Crippen LogP contribution in [-0.2, 0) is 4.74 Å². The van der Waals surface area contributed by atoms with Crippen LogP contribution >= 0.6 is 0 Å². The molecule has 1 saturated heterocycles. The summed E-state index contributed by atoms with van der Waals surface area (Å²) in [6, 6.07) is -0.00304. The summed E-state index contributed by atoms with van der Waals surface area (Å²) in [5.41, 5.74) is 1.58. The van der Waals surface area contributed by atoms with Gasteiger partial charge in [0.1, 0.15) is 0 Å². The molecule has 2 atom stereocenters. The van der Waals surface area contributed by atoms with Gasteiger partial charge in [0.15, 0.2) is 6.10 Å². The smallest absolute Gasteiger partial charge is 0.296 e. The summed E-state index contributed by atoms with van der Waals surface area (Å²) in [5, 5.41) is 16.3. The van der Waals surface area contributed by atoms with E-state index in [9.17, 15) is 13.9 Å². The average Bonchev–Trinajstić information content (AvgIpc) is 2.76. The zero-order valence-electron chi connectivity index (χ0n) is 18.5. The normalized spacial score (nSPS) is 26.6. The third kappa shape index (κ3) is 5.07. The van der Waals surface area contributed by atoms with E-state index in [0.717, 1.165) is 18.4 Å². The summed E-state index contributed by atoms with van der Waals surface area (Å²) in [6.45, 7) is 2.49. The Balaban J connectivity index is 1.69. The van der Waals surface area contributed by atoms with Crippen LogP contribution in [0.1, 0.15) is 50.5 Å². The van der Waals surface area contributed by atoms with Crippen molar-refractivity contribution in [3.8, 4) is 5.88 Å². The molecule has 0 amide bonds. The molecule has 10 heteroatoms. The van der Waals surface area contributed by atoms with E-state index in [1.165, 1.54) is 0 Å². The molecule has 3 heterocycles. The van der Waals surface area contributed by atoms with Crippen molar-refractivity contribution >= 4 is 16.9 Å². The molecule has 1 aliphatic heterocycles. The lowest BCUT2D eigenvalue weighted by atomic mass is 9.83. The van der Waals surface area contributed by atoms with Crippen LogP contribution in [0.4, 0.5) is 14.7 Å². The van der Waals surface area contributed by atoms with E-state index in [-0.39, 0.29) is 30.4 Å². The number of methoxy groups -OCH3 is 1. The minimum Gasteiger partial charge on any atom is -0.467 e. The van der Waals surface area contributed by atoms with Crippen molar-refractivity contribution in [1.29, 1.82) is 0 Å². The number of nitrogens with one attached hydrogen (secondary N) is 2. The molecule has 2 aromatic heterocycles. The van der Waals surface area contributed by atoms with E-state index in [1.807, 2.05) is 6.92 Å². The Labute approximate surface area is 186 Å². The second kappa shape index (κ2) is 9.76. The summed E-state index contributed by atoms with van der Waals surface area (Å²) >= 11 is 0. The Morgan fingerprint density at radius 3 is 2.72 bits per heavy atom. The Hall–Kier alpha value is -2.17. The minimum atomic E-state index is -2.98. The van der Waals surface area contributed by atoms with E-state index >= 15 is 0 Å². The van der Waals surface area contributed by atoms with E-state index in [0.29, 0.717) is 42.8 Å². The van der Waals surface area contributed by atoms with Gasteiger partial charge in [0.25, 0.3) is 5.92 Å². The summed E-state index contributed by atoms with van der Waals surface area (Å²) in [6.07, 6.45) is 5.00. The van der Waals surface area contributed by atoms with Crippen molar-refractivity contribution in [1.82, 2.24) is 20.3 Å². The number of aromatic nitrogens is 3. The average molecular weight is 452 g/mol. The van der Waals surface area contributed by atoms with Gasteiger partial charge in [0, 0.05) is 37.5 Å². The number of pyridine rings is 1. The lowest BCUT2D eigenvalue weighted by molar-refractivity contribution is -0.109. The standard InChI is InChI=1S/C22H31F2N5O3/c1-13(11-31-2)28-21-27-10-17-19(29-21)16(14-3-5-15(30)6-4-14)9-26-20(17)32-18-7-8-25-12-22(18,23)24/h9-10,13-15,18,25,30H,3-8,11-12H2,1-2H3,(H,27,28,29)/t13-,14?,15?,18+/m0/s1. The van der Waals surface area contributed by atoms with Gasteiger partial charge < -0.3 is 25.2 Å². The first kappa shape index (κ1) is 23.0. The number of hydrogen-bond donors (Lipinski definition) is 3. The highest BCUT2D eigenvalue weighted by Gasteiger charge is 2.44. The van der Waals surface area contributed by atoms with Crippen molar-refractivity contribution in [2.45, 2.75) is 69.1 Å². The van der Waals surface area contributed by atoms with E-state index in [1.54, 1.807) is 19.5 Å². The number of anilines is 1. The highest BCUT2D eigenvalue weighted by atomic mass is 19.3. The molecule has 2 aromatic rings. The first-order chi connectivity index (χ1) is 15.4. The van der Waals surface area contributed by atoms with Crippen LogP contribution in [0.3, 0.4) is 0 Å². The molecular weight excluding hydrogens is 420 g/mol. The summed E-state index contributed by atoms with van der Waals surface area (Å²) < 4.78 is 39.6. The number of aliphatic hydroxyl groups is 1. The van der Waals surface area contributed by atoms with Crippen LogP contribution in [0.5, 0.6) is 5.88 Å². The third-order valence-electron chi connectivity index (χ3n) is 6.21. The van der Waals surface area contributed by atoms with Gasteiger partial charge in [0.2, 0.25) is 11.8 Å². The van der Waals surface area contributed by atoms with Gasteiger partial charge >= 0.3 is 0 Å². The highest BCUT2D eigenvalue weighted by molar-refractivity contribution is 5.86. The molecule has 2 fully saturated rings. The van der Waals surface area contributed by atoms with Crippen LogP contribution in [0.25, 0.3) is 10.9 Å². The predicted molar refractivity (Wildman–Crippen MR) is 116 cm³/mol. The van der Waals surface area contributed by atoms with Gasteiger partial charge in [-0.15, -0.1) is 0 Å². The van der Waals surface area contributed by atoms with Crippen molar-refractivity contribution in [3.05, 3.63) is 18.0 Å². The van der Waals surface area contributed by atoms with Gasteiger partial charge in [-0.05, 0) is 45.1 Å². The first-order valence-electron chi connectivity index (χ1n) is 11.2. The highest BCUT2D eigenvalue weighted by Crippen LogP contribution is 2.38. The Morgan fingerprint density at radius 1 is 1.22 bits per heavy atom. The first-order valence-corrected chi connectivity index (χ1v) is 11.2. The SMILES string of the molecule is COC[C@H](C)Nc1ncc2c(O[C@@H]3CCNCC3(F)F)ncc(C3CCC(O)CC3)c2n1. The van der Waals surface area contributed by atoms with E-state index in [4.69, 9.17) is 14.5 Å². The van der Waals surface area contributed by atoms with Crippen LogP contribution < -0.4 is 15.4 Å². The third-order valence-corrected chi connectivity index (χ3v) is 6.21. The maximum absolute atomic E-state index is 14.3. The van der Waals surface area contributed by atoms with Crippen LogP contribution in [0.2, 0.25) is 0 Å². The lowest BCUT2D eigenvalue weighted by Crippen LogP contribution is -2.52. The van der Waals surface area contributed by atoms with Gasteiger partial charge in [-0.1, -0.05) is 0 Å². The molecule has 0 spiro atoms. The number of hydrogen-bond acceptors (Lipinski definition) is 8. The molecule has 1 aliphatic carbocycles. The number of fused-ring (bicyclic) bond motifs is 1. The van der Waals surface area contributed by atoms with Gasteiger partial charge in [-0.25, -0.2) is 23.7 Å². The molecule has 0 unspecified atom stereocenters. The fourth-order valence-electron chi connectivity index (χ4n) is 4.47. The molecule has 3 N–H and O–H groups in total. The number of ether oxygens (including phenoxy) is 2. The topological polar surface area (TPSA) is 101 Å². The quantitative estimate of drug-likeness (QED) is 0.591. The predicted octanol–water partition coefficient (Wildman–Crippen LogP) is 2.87. The minimum absolute atomic E-state index is 0.00304. The summed E-state index contributed by atoms with van der Waals surface area (Å²) in [7, 11) is 1.63. The molecule has 4 rings (SSSR count). The van der Waals surface area contributed by atoms with Gasteiger partial charge in [-0.2, -0.15) is 0 Å². The Morgan fingerprint density at radius 2 is 2.00 bits per heavy atom. The Bertz CT molecular complexity index is 924. The van der Waals surface area contributed by atoms with Crippen LogP contribution in [-0.4, -0.2) is 71.0 Å². The molecule has 0 aromatic carbocycles. The van der Waals surface area contributed by atoms with Gasteiger partial charge in [0.05, 0.1) is 30.2 Å². The summed E-state index contributed by atoms with van der Waals surface area (Å²) in [5.74, 6) is -2.24.